The number of esters is 1. The highest BCUT2D eigenvalue weighted by Gasteiger charge is 2.14. The van der Waals surface area contributed by atoms with Crippen molar-refractivity contribution in [3.63, 3.8) is 0 Å². The zero-order valence-electron chi connectivity index (χ0n) is 14.9. The van der Waals surface area contributed by atoms with E-state index in [1.54, 1.807) is 0 Å². The van der Waals surface area contributed by atoms with Crippen LogP contribution < -0.4 is 0 Å². The first kappa shape index (κ1) is 20.9. The van der Waals surface area contributed by atoms with Gasteiger partial charge in [-0.3, -0.25) is 0 Å². The van der Waals surface area contributed by atoms with Crippen LogP contribution in [0.5, 0.6) is 0 Å². The molecule has 25 heavy (non-hydrogen) atoms. The van der Waals surface area contributed by atoms with Gasteiger partial charge < -0.3 is 9.64 Å². The average Bonchev–Trinajstić information content (AvgIpc) is 2.64. The first-order valence-corrected chi connectivity index (χ1v) is 8.46. The lowest BCUT2D eigenvalue weighted by atomic mass is 10.0. The quantitative estimate of drug-likeness (QED) is 0.394. The van der Waals surface area contributed by atoms with Crippen LogP contribution in [0.2, 0.25) is 0 Å². The van der Waals surface area contributed by atoms with Crippen LogP contribution in [0.15, 0.2) is 60.7 Å². The Kier molecular flexibility index (Phi) is 9.60. The second kappa shape index (κ2) is 11.5. The highest BCUT2D eigenvalue weighted by molar-refractivity contribution is 6.21. The number of hydrogen-bond donors (Lipinski definition) is 0. The molecule has 2 rings (SSSR count). The van der Waals surface area contributed by atoms with Gasteiger partial charge in [-0.15, -0.1) is 12.4 Å². The summed E-state index contributed by atoms with van der Waals surface area (Å²) >= 11 is 0. The molecule has 0 heterocycles. The van der Waals surface area contributed by atoms with E-state index in [1.165, 1.54) is 0 Å². The number of ether oxygens (including phenoxy) is 1. The molecule has 0 aliphatic carbocycles. The molecule has 0 spiro atoms. The molecule has 134 valence electrons. The van der Waals surface area contributed by atoms with Crippen molar-refractivity contribution in [2.24, 2.45) is 0 Å². The number of carbonyl (C=O) groups excluding carboxylic acids is 1. The fourth-order valence-corrected chi connectivity index (χ4v) is 2.48. The number of benzene rings is 2. The third kappa shape index (κ3) is 6.73. The Bertz CT molecular complexity index is 652. The lowest BCUT2D eigenvalue weighted by molar-refractivity contribution is -0.136. The van der Waals surface area contributed by atoms with Crippen LogP contribution >= 0.6 is 12.4 Å². The van der Waals surface area contributed by atoms with Gasteiger partial charge in [-0.2, -0.15) is 0 Å². The Morgan fingerprint density at radius 3 is 2.08 bits per heavy atom. The predicted octanol–water partition coefficient (Wildman–Crippen LogP) is 4.53. The van der Waals surface area contributed by atoms with Crippen molar-refractivity contribution in [1.82, 2.24) is 4.90 Å². The fourth-order valence-electron chi connectivity index (χ4n) is 2.48. The normalized spacial score (nSPS) is 11.1. The Hall–Kier alpha value is -2.10. The smallest absolute Gasteiger partial charge is 0.338 e. The summed E-state index contributed by atoms with van der Waals surface area (Å²) in [5, 5.41) is 0. The summed E-state index contributed by atoms with van der Waals surface area (Å²) < 4.78 is 5.52. The van der Waals surface area contributed by atoms with Gasteiger partial charge in [0.2, 0.25) is 0 Å². The Labute approximate surface area is 156 Å². The van der Waals surface area contributed by atoms with E-state index in [-0.39, 0.29) is 18.4 Å². The summed E-state index contributed by atoms with van der Waals surface area (Å²) in [7, 11) is 0. The summed E-state index contributed by atoms with van der Waals surface area (Å²) in [5.41, 5.74) is 2.44. The van der Waals surface area contributed by atoms with Gasteiger partial charge in [-0.25, -0.2) is 4.79 Å². The van der Waals surface area contributed by atoms with Crippen LogP contribution in [0, 0.1) is 0 Å². The van der Waals surface area contributed by atoms with Crippen LogP contribution in [-0.4, -0.2) is 37.1 Å². The number of likely N-dealkylation sites (N-methyl/N-ethyl adjacent to an activating group) is 1. The van der Waals surface area contributed by atoms with Crippen LogP contribution in [0.25, 0.3) is 11.6 Å². The van der Waals surface area contributed by atoms with Gasteiger partial charge in [0.1, 0.15) is 6.61 Å². The molecular formula is C21H26ClNO2. The topological polar surface area (TPSA) is 29.5 Å². The molecular weight excluding hydrogens is 334 g/mol. The second-order valence-corrected chi connectivity index (χ2v) is 5.50. The van der Waals surface area contributed by atoms with E-state index in [4.69, 9.17) is 4.74 Å². The molecule has 0 saturated carbocycles. The third-order valence-corrected chi connectivity index (χ3v) is 3.95. The molecule has 2 aromatic carbocycles. The van der Waals surface area contributed by atoms with Crippen molar-refractivity contribution < 1.29 is 9.53 Å². The van der Waals surface area contributed by atoms with E-state index in [1.807, 2.05) is 66.7 Å². The van der Waals surface area contributed by atoms with Crippen molar-refractivity contribution in [3.8, 4) is 0 Å². The average molecular weight is 360 g/mol. The molecule has 0 aliphatic rings. The first-order chi connectivity index (χ1) is 11.7. The molecule has 4 heteroatoms. The third-order valence-electron chi connectivity index (χ3n) is 3.95. The maximum absolute atomic E-state index is 12.6. The summed E-state index contributed by atoms with van der Waals surface area (Å²) in [4.78, 5) is 14.8. The Morgan fingerprint density at radius 1 is 0.960 bits per heavy atom. The predicted molar refractivity (Wildman–Crippen MR) is 107 cm³/mol. The van der Waals surface area contributed by atoms with Gasteiger partial charge in [0, 0.05) is 6.54 Å². The minimum atomic E-state index is -0.280. The standard InChI is InChI=1S/C21H25NO2.ClH/c1-3-22(4-2)15-16-24-21(23)20(19-13-9-6-10-14-19)17-18-11-7-5-8-12-18;/h5-14,17H,3-4,15-16H2,1-2H3;1H/b20-17+;. The molecule has 0 aromatic heterocycles. The first-order valence-electron chi connectivity index (χ1n) is 8.46. The second-order valence-electron chi connectivity index (χ2n) is 5.50. The van der Waals surface area contributed by atoms with Gasteiger partial charge in [0.25, 0.3) is 0 Å². The Morgan fingerprint density at radius 2 is 1.52 bits per heavy atom. The maximum Gasteiger partial charge on any atom is 0.338 e. The number of nitrogens with zero attached hydrogens (tertiary/aromatic N) is 1. The summed E-state index contributed by atoms with van der Waals surface area (Å²) in [6.45, 7) is 7.29. The molecule has 2 aromatic rings. The molecule has 0 saturated heterocycles. The van der Waals surface area contributed by atoms with Gasteiger partial charge in [-0.05, 0) is 30.3 Å². The van der Waals surface area contributed by atoms with Gasteiger partial charge >= 0.3 is 5.97 Å². The molecule has 3 nitrogen and oxygen atoms in total. The van der Waals surface area contributed by atoms with E-state index < -0.39 is 0 Å². The van der Waals surface area contributed by atoms with E-state index >= 15 is 0 Å². The number of carbonyl (C=O) groups is 1. The fraction of sp³-hybridized carbons (Fsp3) is 0.286. The summed E-state index contributed by atoms with van der Waals surface area (Å²) in [5.74, 6) is -0.280. The molecule has 0 atom stereocenters. The van der Waals surface area contributed by atoms with Gasteiger partial charge in [0.15, 0.2) is 0 Å². The zero-order chi connectivity index (χ0) is 17.2. The van der Waals surface area contributed by atoms with E-state index in [0.29, 0.717) is 12.2 Å². The number of rotatable bonds is 8. The van der Waals surface area contributed by atoms with E-state index in [0.717, 1.165) is 30.8 Å². The van der Waals surface area contributed by atoms with E-state index in [9.17, 15) is 4.79 Å². The minimum absolute atomic E-state index is 0. The van der Waals surface area contributed by atoms with Crippen LogP contribution in [0.4, 0.5) is 0 Å². The van der Waals surface area contributed by atoms with Gasteiger partial charge in [0.05, 0.1) is 5.57 Å². The highest BCUT2D eigenvalue weighted by Crippen LogP contribution is 2.19. The van der Waals surface area contributed by atoms with Crippen molar-refractivity contribution in [1.29, 1.82) is 0 Å². The highest BCUT2D eigenvalue weighted by atomic mass is 35.5. The maximum atomic E-state index is 12.6. The molecule has 0 N–H and O–H groups in total. The lowest BCUT2D eigenvalue weighted by Gasteiger charge is -2.18. The molecule has 0 amide bonds. The molecule has 0 aliphatic heterocycles. The summed E-state index contributed by atoms with van der Waals surface area (Å²) in [6, 6.07) is 19.5. The zero-order valence-corrected chi connectivity index (χ0v) is 15.7. The van der Waals surface area contributed by atoms with Gasteiger partial charge in [-0.1, -0.05) is 74.5 Å². The Balaban J connectivity index is 0.00000312. The lowest BCUT2D eigenvalue weighted by Crippen LogP contribution is -2.28. The largest absolute Gasteiger partial charge is 0.461 e. The van der Waals surface area contributed by atoms with Crippen molar-refractivity contribution in [2.45, 2.75) is 13.8 Å². The van der Waals surface area contributed by atoms with Crippen LogP contribution in [0.3, 0.4) is 0 Å². The SMILES string of the molecule is CCN(CC)CCOC(=O)/C(=C/c1ccccc1)c1ccccc1.Cl. The number of hydrogen-bond acceptors (Lipinski definition) is 3. The number of halogens is 1. The molecule has 0 radical (unpaired) electrons. The minimum Gasteiger partial charge on any atom is -0.461 e. The molecule has 0 unspecified atom stereocenters. The molecule has 0 fully saturated rings. The van der Waals surface area contributed by atoms with Crippen LogP contribution in [-0.2, 0) is 9.53 Å². The monoisotopic (exact) mass is 359 g/mol. The van der Waals surface area contributed by atoms with E-state index in [2.05, 4.69) is 18.7 Å². The molecule has 0 bridgehead atoms. The van der Waals surface area contributed by atoms with Crippen molar-refractivity contribution in [3.05, 3.63) is 71.8 Å². The van der Waals surface area contributed by atoms with Crippen molar-refractivity contribution in [2.75, 3.05) is 26.2 Å². The van der Waals surface area contributed by atoms with Crippen LogP contribution in [0.1, 0.15) is 25.0 Å². The van der Waals surface area contributed by atoms with Crippen molar-refractivity contribution >= 4 is 30.0 Å². The summed E-state index contributed by atoms with van der Waals surface area (Å²) in [6.07, 6.45) is 1.88.